The summed E-state index contributed by atoms with van der Waals surface area (Å²) in [6, 6.07) is 0.693. The zero-order valence-electron chi connectivity index (χ0n) is 15.8. The molecule has 3 rings (SSSR count). The third-order valence-corrected chi connectivity index (χ3v) is 6.34. The minimum absolute atomic E-state index is 0. The van der Waals surface area contributed by atoms with Crippen LogP contribution in [0.3, 0.4) is 0 Å². The topological polar surface area (TPSA) is 62.0 Å². The third kappa shape index (κ3) is 4.86. The predicted octanol–water partition coefficient (Wildman–Crippen LogP) is 0.791. The van der Waals surface area contributed by atoms with E-state index in [1.54, 1.807) is 0 Å². The summed E-state index contributed by atoms with van der Waals surface area (Å²) in [6.07, 6.45) is 4.30. The molecule has 146 valence electrons. The molecule has 0 bridgehead atoms. The summed E-state index contributed by atoms with van der Waals surface area (Å²) < 4.78 is 5.42. The molecule has 0 spiro atoms. The van der Waals surface area contributed by atoms with Crippen molar-refractivity contribution in [2.45, 2.75) is 44.2 Å². The molecule has 3 saturated heterocycles. The van der Waals surface area contributed by atoms with Gasteiger partial charge in [0.1, 0.15) is 0 Å². The highest BCUT2D eigenvalue weighted by atomic mass is 35.5. The maximum atomic E-state index is 13.0. The number of piperidine rings is 1. The van der Waals surface area contributed by atoms with Crippen LogP contribution >= 0.6 is 12.4 Å². The molecule has 3 aliphatic heterocycles. The lowest BCUT2D eigenvalue weighted by molar-refractivity contribution is -0.142. The van der Waals surface area contributed by atoms with Gasteiger partial charge in [0.15, 0.2) is 0 Å². The fraction of sp³-hybridized carbons (Fsp3) is 0.944. The quantitative estimate of drug-likeness (QED) is 0.791. The monoisotopic (exact) mass is 374 g/mol. The van der Waals surface area contributed by atoms with Crippen molar-refractivity contribution in [3.63, 3.8) is 0 Å². The first-order chi connectivity index (χ1) is 11.5. The first kappa shape index (κ1) is 20.9. The summed E-state index contributed by atoms with van der Waals surface area (Å²) in [5.41, 5.74) is 5.74. The first-order valence-electron chi connectivity index (χ1n) is 9.57. The van der Waals surface area contributed by atoms with Gasteiger partial charge in [-0.15, -0.1) is 12.4 Å². The lowest BCUT2D eigenvalue weighted by atomic mass is 9.80. The van der Waals surface area contributed by atoms with Crippen LogP contribution in [0.2, 0.25) is 0 Å². The van der Waals surface area contributed by atoms with Gasteiger partial charge in [0.05, 0.1) is 5.54 Å². The van der Waals surface area contributed by atoms with Crippen molar-refractivity contribution in [1.29, 1.82) is 0 Å². The molecule has 25 heavy (non-hydrogen) atoms. The largest absolute Gasteiger partial charge is 0.381 e. The normalized spacial score (nSPS) is 27.6. The molecule has 0 aliphatic carbocycles. The average molecular weight is 375 g/mol. The van der Waals surface area contributed by atoms with Gasteiger partial charge < -0.3 is 20.3 Å². The molecule has 2 N–H and O–H groups in total. The van der Waals surface area contributed by atoms with Crippen LogP contribution in [0.1, 0.15) is 32.6 Å². The lowest BCUT2D eigenvalue weighted by Gasteiger charge is -2.45. The number of amides is 1. The van der Waals surface area contributed by atoms with Crippen LogP contribution in [0, 0.1) is 5.92 Å². The zero-order chi connectivity index (χ0) is 17.2. The van der Waals surface area contributed by atoms with Crippen molar-refractivity contribution in [1.82, 2.24) is 14.7 Å². The molecule has 0 unspecified atom stereocenters. The van der Waals surface area contributed by atoms with E-state index in [2.05, 4.69) is 16.8 Å². The van der Waals surface area contributed by atoms with Gasteiger partial charge in [0.2, 0.25) is 5.91 Å². The summed E-state index contributed by atoms with van der Waals surface area (Å²) in [7, 11) is 2.20. The molecule has 0 aromatic carbocycles. The Morgan fingerprint density at radius 1 is 1.00 bits per heavy atom. The van der Waals surface area contributed by atoms with Gasteiger partial charge in [0.25, 0.3) is 0 Å². The highest BCUT2D eigenvalue weighted by molar-refractivity contribution is 5.86. The van der Waals surface area contributed by atoms with Gasteiger partial charge >= 0.3 is 0 Å². The van der Waals surface area contributed by atoms with Crippen LogP contribution in [0.15, 0.2) is 0 Å². The molecule has 0 saturated carbocycles. The molecule has 3 aliphatic rings. The van der Waals surface area contributed by atoms with Crippen molar-refractivity contribution in [3.05, 3.63) is 0 Å². The molecule has 3 fully saturated rings. The highest BCUT2D eigenvalue weighted by Gasteiger charge is 2.41. The van der Waals surface area contributed by atoms with E-state index in [0.717, 1.165) is 52.2 Å². The van der Waals surface area contributed by atoms with E-state index in [1.807, 2.05) is 11.8 Å². The number of carbonyl (C=O) groups excluding carboxylic acids is 1. The van der Waals surface area contributed by atoms with Gasteiger partial charge in [-0.2, -0.15) is 0 Å². The van der Waals surface area contributed by atoms with Crippen molar-refractivity contribution in [3.8, 4) is 0 Å². The SMILES string of the molecule is CN1CCC(N2CCN(C(=O)[C@](C)(N)C3CCOCC3)CC2)CC1.Cl. The van der Waals surface area contributed by atoms with Crippen molar-refractivity contribution < 1.29 is 9.53 Å². The number of rotatable bonds is 3. The fourth-order valence-electron chi connectivity index (χ4n) is 4.46. The summed E-state index contributed by atoms with van der Waals surface area (Å²) >= 11 is 0. The number of hydrogen-bond acceptors (Lipinski definition) is 5. The number of piperazine rings is 1. The molecular formula is C18H35ClN4O2. The number of nitrogens with two attached hydrogens (primary N) is 1. The predicted molar refractivity (Wildman–Crippen MR) is 102 cm³/mol. The second-order valence-corrected chi connectivity index (χ2v) is 8.03. The number of ether oxygens (including phenoxy) is 1. The molecule has 1 amide bonds. The molecule has 6 nitrogen and oxygen atoms in total. The van der Waals surface area contributed by atoms with Crippen molar-refractivity contribution in [2.75, 3.05) is 59.5 Å². The van der Waals surface area contributed by atoms with Crippen molar-refractivity contribution >= 4 is 18.3 Å². The van der Waals surface area contributed by atoms with E-state index in [9.17, 15) is 4.79 Å². The van der Waals surface area contributed by atoms with Crippen LogP contribution < -0.4 is 5.73 Å². The van der Waals surface area contributed by atoms with E-state index >= 15 is 0 Å². The van der Waals surface area contributed by atoms with Crippen LogP contribution in [0.5, 0.6) is 0 Å². The highest BCUT2D eigenvalue weighted by Crippen LogP contribution is 2.28. The summed E-state index contributed by atoms with van der Waals surface area (Å²) in [6.45, 7) is 9.39. The fourth-order valence-corrected chi connectivity index (χ4v) is 4.46. The second kappa shape index (κ2) is 9.00. The van der Waals surface area contributed by atoms with Gasteiger partial charge in [-0.1, -0.05) is 0 Å². The molecule has 0 radical (unpaired) electrons. The van der Waals surface area contributed by atoms with Crippen LogP contribution in [-0.4, -0.2) is 91.7 Å². The Morgan fingerprint density at radius 3 is 2.12 bits per heavy atom. The first-order valence-corrected chi connectivity index (χ1v) is 9.57. The van der Waals surface area contributed by atoms with E-state index in [-0.39, 0.29) is 24.2 Å². The van der Waals surface area contributed by atoms with Crippen LogP contribution in [0.4, 0.5) is 0 Å². The molecule has 0 aromatic heterocycles. The number of likely N-dealkylation sites (tertiary alicyclic amines) is 1. The number of nitrogens with zero attached hydrogens (tertiary/aromatic N) is 3. The Balaban J connectivity index is 0.00000225. The maximum absolute atomic E-state index is 13.0. The second-order valence-electron chi connectivity index (χ2n) is 8.03. The average Bonchev–Trinajstić information content (AvgIpc) is 2.62. The summed E-state index contributed by atoms with van der Waals surface area (Å²) in [5.74, 6) is 0.378. The molecular weight excluding hydrogens is 340 g/mol. The number of carbonyl (C=O) groups is 1. The lowest BCUT2D eigenvalue weighted by Crippen LogP contribution is -2.62. The summed E-state index contributed by atoms with van der Waals surface area (Å²) in [5, 5.41) is 0. The van der Waals surface area contributed by atoms with E-state index in [0.29, 0.717) is 6.04 Å². The Bertz CT molecular complexity index is 427. The third-order valence-electron chi connectivity index (χ3n) is 6.34. The number of halogens is 1. The Morgan fingerprint density at radius 2 is 1.56 bits per heavy atom. The van der Waals surface area contributed by atoms with Crippen LogP contribution in [0.25, 0.3) is 0 Å². The Labute approximate surface area is 158 Å². The smallest absolute Gasteiger partial charge is 0.242 e. The molecule has 3 heterocycles. The van der Waals surface area contributed by atoms with Gasteiger partial charge in [0, 0.05) is 45.4 Å². The Hall–Kier alpha value is -0.400. The standard InChI is InChI=1S/C18H34N4O2.ClH/c1-18(19,15-5-13-24-14-6-15)17(23)22-11-9-21(10-12-22)16-3-7-20(2)8-4-16;/h15-16H,3-14,19H2,1-2H3;1H/t18-;/m1./s1. The maximum Gasteiger partial charge on any atom is 0.242 e. The van der Waals surface area contributed by atoms with Gasteiger partial charge in [-0.25, -0.2) is 0 Å². The molecule has 7 heteroatoms. The minimum atomic E-state index is -0.750. The van der Waals surface area contributed by atoms with Gasteiger partial charge in [-0.3, -0.25) is 9.69 Å². The van der Waals surface area contributed by atoms with E-state index in [1.165, 1.54) is 25.9 Å². The van der Waals surface area contributed by atoms with E-state index in [4.69, 9.17) is 10.5 Å². The van der Waals surface area contributed by atoms with Gasteiger partial charge in [-0.05, 0) is 58.7 Å². The molecule has 1 atom stereocenters. The van der Waals surface area contributed by atoms with Crippen LogP contribution in [-0.2, 0) is 9.53 Å². The zero-order valence-corrected chi connectivity index (χ0v) is 16.6. The van der Waals surface area contributed by atoms with E-state index < -0.39 is 5.54 Å². The minimum Gasteiger partial charge on any atom is -0.381 e. The molecule has 0 aromatic rings. The van der Waals surface area contributed by atoms with Crippen molar-refractivity contribution in [2.24, 2.45) is 11.7 Å². The Kier molecular flexibility index (Phi) is 7.52. The number of hydrogen-bond donors (Lipinski definition) is 1. The summed E-state index contributed by atoms with van der Waals surface area (Å²) in [4.78, 5) is 20.0.